The van der Waals surface area contributed by atoms with E-state index >= 15 is 0 Å². The number of rotatable bonds is 7. The molecular weight excluding hydrogens is 276 g/mol. The van der Waals surface area contributed by atoms with Crippen molar-refractivity contribution in [2.24, 2.45) is 0 Å². The first-order chi connectivity index (χ1) is 9.60. The van der Waals surface area contributed by atoms with Gasteiger partial charge in [-0.3, -0.25) is 9.69 Å². The van der Waals surface area contributed by atoms with Crippen molar-refractivity contribution in [3.63, 3.8) is 0 Å². The van der Waals surface area contributed by atoms with Crippen LogP contribution in [0.4, 0.5) is 0 Å². The lowest BCUT2D eigenvalue weighted by Crippen LogP contribution is -2.40. The highest BCUT2D eigenvalue weighted by atomic mass is 35.5. The van der Waals surface area contributed by atoms with E-state index in [1.165, 1.54) is 0 Å². The van der Waals surface area contributed by atoms with Gasteiger partial charge in [0.2, 0.25) is 5.91 Å². The fourth-order valence-electron chi connectivity index (χ4n) is 2.27. The Morgan fingerprint density at radius 2 is 2.10 bits per heavy atom. The molecule has 0 saturated heterocycles. The van der Waals surface area contributed by atoms with Gasteiger partial charge in [-0.05, 0) is 37.5 Å². The van der Waals surface area contributed by atoms with E-state index in [1.54, 1.807) is 0 Å². The Kier molecular flexibility index (Phi) is 5.40. The van der Waals surface area contributed by atoms with Crippen molar-refractivity contribution in [2.45, 2.75) is 31.8 Å². The number of benzene rings is 1. The SMILES string of the molecule is CC(NC(=O)CN(CCO)C1CC1)c1ccc(Cl)cc1. The zero-order chi connectivity index (χ0) is 14.5. The highest BCUT2D eigenvalue weighted by Crippen LogP contribution is 2.26. The van der Waals surface area contributed by atoms with E-state index in [2.05, 4.69) is 5.32 Å². The van der Waals surface area contributed by atoms with Crippen molar-refractivity contribution in [3.05, 3.63) is 34.9 Å². The third kappa shape index (κ3) is 4.47. The van der Waals surface area contributed by atoms with E-state index in [1.807, 2.05) is 36.1 Å². The third-order valence-corrected chi connectivity index (χ3v) is 3.80. The molecular formula is C15H21ClN2O2. The maximum absolute atomic E-state index is 12.1. The van der Waals surface area contributed by atoms with Gasteiger partial charge in [-0.2, -0.15) is 0 Å². The molecule has 1 aromatic rings. The molecule has 1 aliphatic rings. The fraction of sp³-hybridized carbons (Fsp3) is 0.533. The molecule has 20 heavy (non-hydrogen) atoms. The van der Waals surface area contributed by atoms with Crippen LogP contribution in [-0.4, -0.2) is 41.7 Å². The van der Waals surface area contributed by atoms with Crippen LogP contribution in [0.25, 0.3) is 0 Å². The van der Waals surface area contributed by atoms with Gasteiger partial charge in [-0.15, -0.1) is 0 Å². The quantitative estimate of drug-likeness (QED) is 0.809. The van der Waals surface area contributed by atoms with Crippen LogP contribution < -0.4 is 5.32 Å². The summed E-state index contributed by atoms with van der Waals surface area (Å²) >= 11 is 5.85. The Hall–Kier alpha value is -1.10. The van der Waals surface area contributed by atoms with Crippen LogP contribution in [0.2, 0.25) is 5.02 Å². The monoisotopic (exact) mass is 296 g/mol. The molecule has 0 aliphatic heterocycles. The summed E-state index contributed by atoms with van der Waals surface area (Å²) in [7, 11) is 0. The summed E-state index contributed by atoms with van der Waals surface area (Å²) in [6.07, 6.45) is 2.25. The first-order valence-corrected chi connectivity index (χ1v) is 7.37. The number of carbonyl (C=O) groups is 1. The lowest BCUT2D eigenvalue weighted by Gasteiger charge is -2.22. The van der Waals surface area contributed by atoms with Crippen LogP contribution in [0.5, 0.6) is 0 Å². The predicted octanol–water partition coefficient (Wildman–Crippen LogP) is 1.97. The van der Waals surface area contributed by atoms with Gasteiger partial charge in [0.25, 0.3) is 0 Å². The second kappa shape index (κ2) is 7.07. The minimum absolute atomic E-state index is 0.00667. The van der Waals surface area contributed by atoms with Gasteiger partial charge < -0.3 is 10.4 Å². The number of amides is 1. The summed E-state index contributed by atoms with van der Waals surface area (Å²) < 4.78 is 0. The number of halogens is 1. The highest BCUT2D eigenvalue weighted by molar-refractivity contribution is 6.30. The van der Waals surface area contributed by atoms with Crippen LogP contribution in [-0.2, 0) is 4.79 Å². The molecule has 0 aromatic heterocycles. The summed E-state index contributed by atoms with van der Waals surface area (Å²) in [4.78, 5) is 14.1. The molecule has 1 fully saturated rings. The molecule has 1 aromatic carbocycles. The lowest BCUT2D eigenvalue weighted by molar-refractivity contribution is -0.123. The summed E-state index contributed by atoms with van der Waals surface area (Å²) in [5.74, 6) is -0.00667. The molecule has 1 aliphatic carbocycles. The van der Waals surface area contributed by atoms with Crippen molar-refractivity contribution in [2.75, 3.05) is 19.7 Å². The molecule has 4 nitrogen and oxygen atoms in total. The van der Waals surface area contributed by atoms with Gasteiger partial charge in [0.15, 0.2) is 0 Å². The van der Waals surface area contributed by atoms with Gasteiger partial charge in [0, 0.05) is 17.6 Å². The van der Waals surface area contributed by atoms with Gasteiger partial charge in [-0.1, -0.05) is 23.7 Å². The summed E-state index contributed by atoms with van der Waals surface area (Å²) in [5, 5.41) is 12.7. The molecule has 1 atom stereocenters. The molecule has 5 heteroatoms. The Labute approximate surface area is 124 Å². The van der Waals surface area contributed by atoms with Crippen molar-refractivity contribution >= 4 is 17.5 Å². The molecule has 0 heterocycles. The zero-order valence-electron chi connectivity index (χ0n) is 11.7. The first-order valence-electron chi connectivity index (χ1n) is 7.00. The van der Waals surface area contributed by atoms with Crippen LogP contribution in [0.1, 0.15) is 31.4 Å². The second-order valence-corrected chi connectivity index (χ2v) is 5.70. The predicted molar refractivity (Wildman–Crippen MR) is 79.7 cm³/mol. The summed E-state index contributed by atoms with van der Waals surface area (Å²) in [5.41, 5.74) is 1.03. The average molecular weight is 297 g/mol. The molecule has 0 spiro atoms. The minimum Gasteiger partial charge on any atom is -0.395 e. The Bertz CT molecular complexity index is 446. The van der Waals surface area contributed by atoms with Crippen LogP contribution in [0.15, 0.2) is 24.3 Å². The average Bonchev–Trinajstić information content (AvgIpc) is 3.23. The Morgan fingerprint density at radius 3 is 2.65 bits per heavy atom. The fourth-order valence-corrected chi connectivity index (χ4v) is 2.39. The molecule has 1 unspecified atom stereocenters. The molecule has 2 N–H and O–H groups in total. The van der Waals surface area contributed by atoms with E-state index in [9.17, 15) is 4.79 Å². The van der Waals surface area contributed by atoms with Crippen molar-refractivity contribution in [3.8, 4) is 0 Å². The van der Waals surface area contributed by atoms with Gasteiger partial charge in [0.05, 0.1) is 19.2 Å². The molecule has 110 valence electrons. The minimum atomic E-state index is -0.0463. The van der Waals surface area contributed by atoms with Crippen LogP contribution in [0.3, 0.4) is 0 Å². The summed E-state index contributed by atoms with van der Waals surface area (Å²) in [6, 6.07) is 7.90. The molecule has 1 saturated carbocycles. The van der Waals surface area contributed by atoms with Gasteiger partial charge >= 0.3 is 0 Å². The Balaban J connectivity index is 1.85. The summed E-state index contributed by atoms with van der Waals surface area (Å²) in [6.45, 7) is 2.96. The second-order valence-electron chi connectivity index (χ2n) is 5.27. The molecule has 1 amide bonds. The van der Waals surface area contributed by atoms with E-state index in [-0.39, 0.29) is 18.6 Å². The highest BCUT2D eigenvalue weighted by Gasteiger charge is 2.29. The standard InChI is InChI=1S/C15H21ClN2O2/c1-11(12-2-4-13(16)5-3-12)17-15(20)10-18(8-9-19)14-6-7-14/h2-5,11,14,19H,6-10H2,1H3,(H,17,20). The number of hydrogen-bond donors (Lipinski definition) is 2. The van der Waals surface area contributed by atoms with E-state index < -0.39 is 0 Å². The normalized spacial score (nSPS) is 16.2. The maximum Gasteiger partial charge on any atom is 0.234 e. The third-order valence-electron chi connectivity index (χ3n) is 3.54. The molecule has 2 rings (SSSR count). The number of nitrogens with one attached hydrogen (secondary N) is 1. The number of carbonyl (C=O) groups excluding carboxylic acids is 1. The zero-order valence-corrected chi connectivity index (χ0v) is 12.4. The van der Waals surface area contributed by atoms with Crippen molar-refractivity contribution < 1.29 is 9.90 Å². The van der Waals surface area contributed by atoms with Crippen molar-refractivity contribution in [1.29, 1.82) is 0 Å². The van der Waals surface area contributed by atoms with E-state index in [4.69, 9.17) is 16.7 Å². The van der Waals surface area contributed by atoms with E-state index in [0.29, 0.717) is 24.2 Å². The smallest absolute Gasteiger partial charge is 0.234 e. The topological polar surface area (TPSA) is 52.6 Å². The molecule has 0 radical (unpaired) electrons. The number of aliphatic hydroxyl groups is 1. The van der Waals surface area contributed by atoms with E-state index in [0.717, 1.165) is 18.4 Å². The lowest BCUT2D eigenvalue weighted by atomic mass is 10.1. The first kappa shape index (κ1) is 15.3. The molecule has 0 bridgehead atoms. The van der Waals surface area contributed by atoms with Crippen molar-refractivity contribution in [1.82, 2.24) is 10.2 Å². The number of hydrogen-bond acceptors (Lipinski definition) is 3. The van der Waals surface area contributed by atoms with Gasteiger partial charge in [0.1, 0.15) is 0 Å². The van der Waals surface area contributed by atoms with Crippen LogP contribution in [0, 0.1) is 0 Å². The van der Waals surface area contributed by atoms with Gasteiger partial charge in [-0.25, -0.2) is 0 Å². The maximum atomic E-state index is 12.1. The number of nitrogens with zero attached hydrogens (tertiary/aromatic N) is 1. The number of aliphatic hydroxyl groups excluding tert-OH is 1. The largest absolute Gasteiger partial charge is 0.395 e. The van der Waals surface area contributed by atoms with Crippen LogP contribution >= 0.6 is 11.6 Å². The Morgan fingerprint density at radius 1 is 1.45 bits per heavy atom.